The van der Waals surface area contributed by atoms with Crippen molar-refractivity contribution in [3.05, 3.63) is 18.0 Å². The molecule has 0 aliphatic rings. The Kier molecular flexibility index (Phi) is 11.0. The second-order valence-corrected chi connectivity index (χ2v) is 6.08. The van der Waals surface area contributed by atoms with E-state index in [-0.39, 0.29) is 0 Å². The highest BCUT2D eigenvalue weighted by Crippen LogP contribution is 2.06. The van der Waals surface area contributed by atoms with Crippen molar-refractivity contribution in [2.45, 2.75) is 65.2 Å². The molecular formula is C18H35N5. The summed E-state index contributed by atoms with van der Waals surface area (Å²) in [5.74, 6) is 0.933. The van der Waals surface area contributed by atoms with Crippen LogP contribution in [0.1, 0.15) is 64.4 Å². The van der Waals surface area contributed by atoms with E-state index in [4.69, 9.17) is 0 Å². The van der Waals surface area contributed by atoms with E-state index in [0.717, 1.165) is 32.0 Å². The number of hydrogen-bond acceptors (Lipinski definition) is 2. The summed E-state index contributed by atoms with van der Waals surface area (Å²) in [5.41, 5.74) is 1.25. The predicted octanol–water partition coefficient (Wildman–Crippen LogP) is 3.27. The van der Waals surface area contributed by atoms with Crippen LogP contribution in [0.5, 0.6) is 0 Å². The Hall–Kier alpha value is -1.52. The Labute approximate surface area is 142 Å². The van der Waals surface area contributed by atoms with Crippen molar-refractivity contribution in [1.29, 1.82) is 0 Å². The summed E-state index contributed by atoms with van der Waals surface area (Å²) < 4.78 is 1.84. The van der Waals surface area contributed by atoms with Crippen LogP contribution in [0.25, 0.3) is 0 Å². The highest BCUT2D eigenvalue weighted by atomic mass is 15.2. The summed E-state index contributed by atoms with van der Waals surface area (Å²) in [6, 6.07) is 0. The maximum absolute atomic E-state index is 4.66. The molecule has 0 aromatic carbocycles. The van der Waals surface area contributed by atoms with Gasteiger partial charge in [0.1, 0.15) is 0 Å². The van der Waals surface area contributed by atoms with E-state index >= 15 is 0 Å². The molecule has 0 saturated carbocycles. The van der Waals surface area contributed by atoms with Gasteiger partial charge in [0.25, 0.3) is 0 Å². The first-order valence-corrected chi connectivity index (χ1v) is 9.26. The van der Waals surface area contributed by atoms with Crippen molar-refractivity contribution < 1.29 is 0 Å². The monoisotopic (exact) mass is 321 g/mol. The standard InChI is InChI=1S/C18H35N5/c1-4-6-7-8-9-10-11-13-20-18(19-5-2)21-14-12-17-15-22-23(3)16-17/h15-16H,4-14H2,1-3H3,(H2,19,20,21). The molecule has 0 aliphatic heterocycles. The Morgan fingerprint density at radius 1 is 1.09 bits per heavy atom. The maximum atomic E-state index is 4.66. The summed E-state index contributed by atoms with van der Waals surface area (Å²) >= 11 is 0. The number of nitrogens with one attached hydrogen (secondary N) is 2. The lowest BCUT2D eigenvalue weighted by molar-refractivity contribution is 0.592. The van der Waals surface area contributed by atoms with Gasteiger partial charge in [-0.25, -0.2) is 0 Å². The summed E-state index contributed by atoms with van der Waals surface area (Å²) in [6.45, 7) is 7.06. The number of hydrogen-bond donors (Lipinski definition) is 2. The average Bonchev–Trinajstić information content (AvgIpc) is 2.95. The van der Waals surface area contributed by atoms with Gasteiger partial charge in [0.15, 0.2) is 5.96 Å². The number of rotatable bonds is 12. The van der Waals surface area contributed by atoms with Gasteiger partial charge in [-0.1, -0.05) is 45.4 Å². The second kappa shape index (κ2) is 13.0. The first-order valence-electron chi connectivity index (χ1n) is 9.26. The molecule has 5 nitrogen and oxygen atoms in total. The molecule has 0 spiro atoms. The van der Waals surface area contributed by atoms with Crippen LogP contribution in [0.3, 0.4) is 0 Å². The molecule has 1 aromatic heterocycles. The number of aromatic nitrogens is 2. The third-order valence-electron chi connectivity index (χ3n) is 3.84. The minimum atomic E-state index is 0.883. The zero-order valence-electron chi connectivity index (χ0n) is 15.3. The molecule has 1 aromatic rings. The van der Waals surface area contributed by atoms with Crippen molar-refractivity contribution in [3.8, 4) is 0 Å². The van der Waals surface area contributed by atoms with E-state index in [1.807, 2.05) is 17.9 Å². The topological polar surface area (TPSA) is 54.2 Å². The maximum Gasteiger partial charge on any atom is 0.191 e. The zero-order valence-corrected chi connectivity index (χ0v) is 15.3. The lowest BCUT2D eigenvalue weighted by atomic mass is 10.1. The van der Waals surface area contributed by atoms with Crippen molar-refractivity contribution in [1.82, 2.24) is 20.4 Å². The van der Waals surface area contributed by atoms with Gasteiger partial charge < -0.3 is 10.6 Å². The normalized spacial score (nSPS) is 11.7. The van der Waals surface area contributed by atoms with E-state index in [1.165, 1.54) is 50.5 Å². The van der Waals surface area contributed by atoms with Crippen LogP contribution in [0, 0.1) is 0 Å². The van der Waals surface area contributed by atoms with Crippen molar-refractivity contribution in [3.63, 3.8) is 0 Å². The van der Waals surface area contributed by atoms with Gasteiger partial charge in [0, 0.05) is 32.9 Å². The minimum Gasteiger partial charge on any atom is -0.357 e. The van der Waals surface area contributed by atoms with Crippen LogP contribution in [0.15, 0.2) is 17.4 Å². The summed E-state index contributed by atoms with van der Waals surface area (Å²) in [6.07, 6.45) is 14.2. The Morgan fingerprint density at radius 3 is 2.48 bits per heavy atom. The van der Waals surface area contributed by atoms with Crippen LogP contribution in [0.2, 0.25) is 0 Å². The molecule has 0 unspecified atom stereocenters. The highest BCUT2D eigenvalue weighted by molar-refractivity contribution is 5.79. The van der Waals surface area contributed by atoms with Gasteiger partial charge in [-0.15, -0.1) is 0 Å². The molecule has 0 amide bonds. The number of nitrogens with zero attached hydrogens (tertiary/aromatic N) is 3. The van der Waals surface area contributed by atoms with E-state index in [9.17, 15) is 0 Å². The van der Waals surface area contributed by atoms with Gasteiger partial charge in [-0.05, 0) is 25.3 Å². The molecule has 0 aliphatic carbocycles. The van der Waals surface area contributed by atoms with E-state index < -0.39 is 0 Å². The van der Waals surface area contributed by atoms with Crippen LogP contribution in [-0.4, -0.2) is 35.4 Å². The minimum absolute atomic E-state index is 0.883. The molecule has 0 radical (unpaired) electrons. The average molecular weight is 322 g/mol. The van der Waals surface area contributed by atoms with Crippen molar-refractivity contribution in [2.75, 3.05) is 19.6 Å². The van der Waals surface area contributed by atoms with Crippen LogP contribution < -0.4 is 10.6 Å². The van der Waals surface area contributed by atoms with Gasteiger partial charge in [0.05, 0.1) is 6.20 Å². The van der Waals surface area contributed by atoms with Crippen molar-refractivity contribution in [2.24, 2.45) is 12.0 Å². The Balaban J connectivity index is 2.14. The largest absolute Gasteiger partial charge is 0.357 e. The molecule has 0 atom stereocenters. The fraction of sp³-hybridized carbons (Fsp3) is 0.778. The Morgan fingerprint density at radius 2 is 1.83 bits per heavy atom. The molecule has 1 rings (SSSR count). The third kappa shape index (κ3) is 9.97. The molecule has 0 bridgehead atoms. The van der Waals surface area contributed by atoms with E-state index in [1.54, 1.807) is 0 Å². The molecule has 0 saturated heterocycles. The predicted molar refractivity (Wildman–Crippen MR) is 98.9 cm³/mol. The number of aliphatic imine (C=N–C) groups is 1. The first-order chi connectivity index (χ1) is 11.3. The zero-order chi connectivity index (χ0) is 16.8. The molecule has 0 fully saturated rings. The Bertz CT molecular complexity index is 425. The smallest absolute Gasteiger partial charge is 0.191 e. The molecule has 2 N–H and O–H groups in total. The third-order valence-corrected chi connectivity index (χ3v) is 3.84. The lowest BCUT2D eigenvalue weighted by Gasteiger charge is -2.10. The van der Waals surface area contributed by atoms with Crippen LogP contribution in [-0.2, 0) is 13.5 Å². The molecule has 23 heavy (non-hydrogen) atoms. The van der Waals surface area contributed by atoms with Gasteiger partial charge >= 0.3 is 0 Å². The fourth-order valence-electron chi connectivity index (χ4n) is 2.53. The summed E-state index contributed by atoms with van der Waals surface area (Å²) in [7, 11) is 1.95. The molecular weight excluding hydrogens is 286 g/mol. The highest BCUT2D eigenvalue weighted by Gasteiger charge is 1.99. The lowest BCUT2D eigenvalue weighted by Crippen LogP contribution is -2.38. The van der Waals surface area contributed by atoms with Crippen LogP contribution in [0.4, 0.5) is 0 Å². The van der Waals surface area contributed by atoms with Crippen molar-refractivity contribution >= 4 is 5.96 Å². The van der Waals surface area contributed by atoms with Gasteiger partial charge in [-0.2, -0.15) is 5.10 Å². The first kappa shape index (κ1) is 19.5. The van der Waals surface area contributed by atoms with Gasteiger partial charge in [-0.3, -0.25) is 9.67 Å². The number of guanidine groups is 1. The fourth-order valence-corrected chi connectivity index (χ4v) is 2.53. The number of aryl methyl sites for hydroxylation is 1. The summed E-state index contributed by atoms with van der Waals surface area (Å²) in [5, 5.41) is 10.9. The second-order valence-electron chi connectivity index (χ2n) is 6.08. The summed E-state index contributed by atoms with van der Waals surface area (Å²) in [4.78, 5) is 4.66. The van der Waals surface area contributed by atoms with E-state index in [0.29, 0.717) is 0 Å². The molecule has 5 heteroatoms. The molecule has 132 valence electrons. The van der Waals surface area contributed by atoms with E-state index in [2.05, 4.69) is 40.8 Å². The quantitative estimate of drug-likeness (QED) is 0.353. The number of unbranched alkanes of at least 4 members (excludes halogenated alkanes) is 6. The van der Waals surface area contributed by atoms with Gasteiger partial charge in [0.2, 0.25) is 0 Å². The SMILES string of the molecule is CCCCCCCCCN=C(NCC)NCCc1cnn(C)c1. The molecule has 1 heterocycles. The van der Waals surface area contributed by atoms with Crippen LogP contribution >= 0.6 is 0 Å².